The van der Waals surface area contributed by atoms with Gasteiger partial charge in [-0.15, -0.1) is 0 Å². The Balaban J connectivity index is 1.26. The predicted molar refractivity (Wildman–Crippen MR) is 110 cm³/mol. The monoisotopic (exact) mass is 380 g/mol. The first-order chi connectivity index (χ1) is 13.8. The number of carbonyl (C=O) groups is 1. The number of ether oxygens (including phenoxy) is 2. The van der Waals surface area contributed by atoms with Crippen LogP contribution in [-0.4, -0.2) is 39.3 Å². The van der Waals surface area contributed by atoms with Crippen LogP contribution in [0.5, 0.6) is 11.5 Å². The third-order valence-corrected chi connectivity index (χ3v) is 5.66. The van der Waals surface area contributed by atoms with E-state index in [1.54, 1.807) is 7.11 Å². The number of rotatable bonds is 6. The van der Waals surface area contributed by atoms with Gasteiger partial charge in [-0.2, -0.15) is 0 Å². The summed E-state index contributed by atoms with van der Waals surface area (Å²) < 4.78 is 11.2. The first kappa shape index (κ1) is 18.7. The summed E-state index contributed by atoms with van der Waals surface area (Å²) in [6.45, 7) is 3.16. The van der Waals surface area contributed by atoms with Gasteiger partial charge in [-0.1, -0.05) is 30.3 Å². The maximum atomic E-state index is 12.6. The number of hydrogen-bond donors (Lipinski definition) is 1. The van der Waals surface area contributed by atoms with Crippen LogP contribution in [0.15, 0.2) is 42.5 Å². The highest BCUT2D eigenvalue weighted by atomic mass is 16.5. The molecule has 0 fully saturated rings. The molecule has 0 aromatic heterocycles. The zero-order valence-corrected chi connectivity index (χ0v) is 16.4. The Morgan fingerprint density at radius 3 is 2.96 bits per heavy atom. The lowest BCUT2D eigenvalue weighted by Gasteiger charge is -2.31. The van der Waals surface area contributed by atoms with Gasteiger partial charge in [0.25, 0.3) is 0 Å². The van der Waals surface area contributed by atoms with Crippen LogP contribution in [0, 0.1) is 5.92 Å². The van der Waals surface area contributed by atoms with Crippen molar-refractivity contribution in [3.8, 4) is 11.5 Å². The molecule has 5 heteroatoms. The molecule has 0 saturated carbocycles. The summed E-state index contributed by atoms with van der Waals surface area (Å²) in [6.07, 6.45) is 4.00. The normalized spacial score (nSPS) is 17.9. The van der Waals surface area contributed by atoms with Gasteiger partial charge in [0.05, 0.1) is 13.0 Å². The molecule has 0 bridgehead atoms. The summed E-state index contributed by atoms with van der Waals surface area (Å²) >= 11 is 0. The summed E-state index contributed by atoms with van der Waals surface area (Å²) in [7, 11) is 1.64. The van der Waals surface area contributed by atoms with Crippen LogP contribution < -0.4 is 19.7 Å². The van der Waals surface area contributed by atoms with Crippen molar-refractivity contribution in [1.29, 1.82) is 0 Å². The lowest BCUT2D eigenvalue weighted by Crippen LogP contribution is -2.39. The third-order valence-electron chi connectivity index (χ3n) is 5.66. The average Bonchev–Trinajstić information content (AvgIpc) is 2.75. The van der Waals surface area contributed by atoms with Gasteiger partial charge in [0.2, 0.25) is 5.91 Å². The standard InChI is InChI=1S/C23H28N2O3/c1-27-21-11-4-8-18-15-19(16-28-22(18)21)23(26)24-12-6-14-25-13-5-9-17-7-2-3-10-20(17)25/h2-4,7-8,10-11,19H,5-6,9,12-16H2,1H3,(H,24,26)/t19-/m0/s1. The van der Waals surface area contributed by atoms with Crippen LogP contribution in [-0.2, 0) is 17.6 Å². The largest absolute Gasteiger partial charge is 0.493 e. The van der Waals surface area contributed by atoms with Gasteiger partial charge in [0.1, 0.15) is 6.61 Å². The minimum Gasteiger partial charge on any atom is -0.493 e. The molecule has 28 heavy (non-hydrogen) atoms. The van der Waals surface area contributed by atoms with Crippen molar-refractivity contribution in [1.82, 2.24) is 5.32 Å². The number of fused-ring (bicyclic) bond motifs is 2. The summed E-state index contributed by atoms with van der Waals surface area (Å²) in [5, 5.41) is 3.10. The number of benzene rings is 2. The number of aryl methyl sites for hydroxylation is 1. The van der Waals surface area contributed by atoms with Crippen LogP contribution in [0.2, 0.25) is 0 Å². The Hall–Kier alpha value is -2.69. The van der Waals surface area contributed by atoms with Crippen molar-refractivity contribution in [2.24, 2.45) is 5.92 Å². The maximum Gasteiger partial charge on any atom is 0.226 e. The number of methoxy groups -OCH3 is 1. The molecule has 2 aromatic carbocycles. The van der Waals surface area contributed by atoms with Crippen LogP contribution >= 0.6 is 0 Å². The molecule has 1 amide bonds. The molecule has 0 saturated heterocycles. The number of anilines is 1. The molecule has 4 rings (SSSR count). The second-order valence-corrected chi connectivity index (χ2v) is 7.52. The van der Waals surface area contributed by atoms with Gasteiger partial charge in [-0.05, 0) is 48.9 Å². The fourth-order valence-electron chi connectivity index (χ4n) is 4.19. The van der Waals surface area contributed by atoms with Gasteiger partial charge in [0, 0.05) is 25.3 Å². The van der Waals surface area contributed by atoms with Crippen LogP contribution in [0.25, 0.3) is 0 Å². The zero-order valence-electron chi connectivity index (χ0n) is 16.4. The van der Waals surface area contributed by atoms with E-state index in [0.717, 1.165) is 43.0 Å². The molecular formula is C23H28N2O3. The van der Waals surface area contributed by atoms with E-state index in [0.29, 0.717) is 19.6 Å². The molecule has 2 heterocycles. The second-order valence-electron chi connectivity index (χ2n) is 7.52. The zero-order chi connectivity index (χ0) is 19.3. The minimum atomic E-state index is -0.143. The van der Waals surface area contributed by atoms with Crippen LogP contribution in [0.1, 0.15) is 24.0 Å². The fourth-order valence-corrected chi connectivity index (χ4v) is 4.19. The Morgan fingerprint density at radius 2 is 2.07 bits per heavy atom. The van der Waals surface area contributed by atoms with E-state index in [2.05, 4.69) is 34.5 Å². The van der Waals surface area contributed by atoms with E-state index >= 15 is 0 Å². The highest BCUT2D eigenvalue weighted by Crippen LogP contribution is 2.36. The summed E-state index contributed by atoms with van der Waals surface area (Å²) in [5.41, 5.74) is 3.83. The smallest absolute Gasteiger partial charge is 0.226 e. The average molecular weight is 380 g/mol. The van der Waals surface area contributed by atoms with Crippen molar-refractivity contribution in [2.45, 2.75) is 25.7 Å². The molecular weight excluding hydrogens is 352 g/mol. The van der Waals surface area contributed by atoms with E-state index < -0.39 is 0 Å². The molecule has 0 aliphatic carbocycles. The molecule has 2 aliphatic rings. The van der Waals surface area contributed by atoms with E-state index in [9.17, 15) is 4.79 Å². The fraction of sp³-hybridized carbons (Fsp3) is 0.435. The molecule has 2 aliphatic heterocycles. The Morgan fingerprint density at radius 1 is 1.21 bits per heavy atom. The van der Waals surface area contributed by atoms with E-state index in [1.165, 1.54) is 17.7 Å². The van der Waals surface area contributed by atoms with Gasteiger partial charge in [-0.3, -0.25) is 4.79 Å². The van der Waals surface area contributed by atoms with E-state index in [-0.39, 0.29) is 11.8 Å². The van der Waals surface area contributed by atoms with Gasteiger partial charge < -0.3 is 19.7 Å². The molecule has 0 radical (unpaired) electrons. The van der Waals surface area contributed by atoms with Crippen molar-refractivity contribution < 1.29 is 14.3 Å². The van der Waals surface area contributed by atoms with Crippen LogP contribution in [0.3, 0.4) is 0 Å². The molecule has 1 atom stereocenters. The van der Waals surface area contributed by atoms with Gasteiger partial charge in [0.15, 0.2) is 11.5 Å². The predicted octanol–water partition coefficient (Wildman–Crippen LogP) is 3.21. The van der Waals surface area contributed by atoms with E-state index in [4.69, 9.17) is 9.47 Å². The number of nitrogens with one attached hydrogen (secondary N) is 1. The first-order valence-corrected chi connectivity index (χ1v) is 10.2. The summed E-state index contributed by atoms with van der Waals surface area (Å²) in [4.78, 5) is 15.0. The van der Waals surface area contributed by atoms with Crippen molar-refractivity contribution in [3.63, 3.8) is 0 Å². The van der Waals surface area contributed by atoms with E-state index in [1.807, 2.05) is 18.2 Å². The number of para-hydroxylation sites is 2. The minimum absolute atomic E-state index is 0.0764. The molecule has 0 spiro atoms. The Labute approximate surface area is 166 Å². The molecule has 5 nitrogen and oxygen atoms in total. The highest BCUT2D eigenvalue weighted by molar-refractivity contribution is 5.79. The molecule has 2 aromatic rings. The molecule has 0 unspecified atom stereocenters. The maximum absolute atomic E-state index is 12.6. The topological polar surface area (TPSA) is 50.8 Å². The Kier molecular flexibility index (Phi) is 5.70. The van der Waals surface area contributed by atoms with Crippen LogP contribution in [0.4, 0.5) is 5.69 Å². The summed E-state index contributed by atoms with van der Waals surface area (Å²) in [5.74, 6) is 1.44. The lowest BCUT2D eigenvalue weighted by molar-refractivity contribution is -0.126. The SMILES string of the molecule is COc1cccc2c1OC[C@@H](C(=O)NCCCN1CCCc3ccccc31)C2. The Bertz CT molecular complexity index is 836. The van der Waals surface area contributed by atoms with Gasteiger partial charge in [-0.25, -0.2) is 0 Å². The summed E-state index contributed by atoms with van der Waals surface area (Å²) in [6, 6.07) is 14.5. The van der Waals surface area contributed by atoms with Crippen molar-refractivity contribution >= 4 is 11.6 Å². The number of amides is 1. The second kappa shape index (κ2) is 8.55. The lowest BCUT2D eigenvalue weighted by atomic mass is 9.95. The number of carbonyl (C=O) groups excluding carboxylic acids is 1. The number of hydrogen-bond acceptors (Lipinski definition) is 4. The first-order valence-electron chi connectivity index (χ1n) is 10.2. The molecule has 148 valence electrons. The highest BCUT2D eigenvalue weighted by Gasteiger charge is 2.27. The quantitative estimate of drug-likeness (QED) is 0.782. The van der Waals surface area contributed by atoms with Crippen molar-refractivity contribution in [2.75, 3.05) is 38.3 Å². The third kappa shape index (κ3) is 3.93. The van der Waals surface area contributed by atoms with Crippen molar-refractivity contribution in [3.05, 3.63) is 53.6 Å². The van der Waals surface area contributed by atoms with Gasteiger partial charge >= 0.3 is 0 Å². The number of nitrogens with zero attached hydrogens (tertiary/aromatic N) is 1. The molecule has 1 N–H and O–H groups in total.